The van der Waals surface area contributed by atoms with E-state index in [2.05, 4.69) is 11.4 Å². The first kappa shape index (κ1) is 11.2. The van der Waals surface area contributed by atoms with E-state index in [0.717, 1.165) is 12.0 Å². The number of thiophene rings is 1. The molecule has 0 bridgehead atoms. The van der Waals surface area contributed by atoms with Crippen LogP contribution in [0.4, 0.5) is 0 Å². The van der Waals surface area contributed by atoms with Crippen LogP contribution in [-0.4, -0.2) is 11.7 Å². The molecule has 0 aliphatic heterocycles. The van der Waals surface area contributed by atoms with Gasteiger partial charge < -0.3 is 10.8 Å². The van der Waals surface area contributed by atoms with Gasteiger partial charge in [0.15, 0.2) is 0 Å². The summed E-state index contributed by atoms with van der Waals surface area (Å²) in [5.41, 5.74) is 6.92. The summed E-state index contributed by atoms with van der Waals surface area (Å²) in [7, 11) is 0. The summed E-state index contributed by atoms with van der Waals surface area (Å²) in [6.07, 6.45) is 0.880. The predicted octanol–water partition coefficient (Wildman–Crippen LogP) is 2.74. The molecule has 1 heterocycles. The van der Waals surface area contributed by atoms with Gasteiger partial charge in [-0.25, -0.2) is 0 Å². The van der Waals surface area contributed by atoms with Gasteiger partial charge in [-0.15, -0.1) is 11.3 Å². The Kier molecular flexibility index (Phi) is 3.59. The molecule has 0 aliphatic rings. The van der Waals surface area contributed by atoms with Crippen molar-refractivity contribution in [2.45, 2.75) is 12.3 Å². The molecule has 0 amide bonds. The molecule has 1 unspecified atom stereocenters. The fourth-order valence-corrected chi connectivity index (χ4v) is 2.64. The molecule has 2 nitrogen and oxygen atoms in total. The summed E-state index contributed by atoms with van der Waals surface area (Å²) in [5, 5.41) is 11.5. The normalized spacial score (nSPS) is 12.6. The lowest BCUT2D eigenvalue weighted by atomic mass is 9.98. The second-order valence-corrected chi connectivity index (χ2v) is 4.80. The molecule has 3 heteroatoms. The van der Waals surface area contributed by atoms with E-state index in [1.165, 1.54) is 4.88 Å². The van der Waals surface area contributed by atoms with Gasteiger partial charge in [0, 0.05) is 17.3 Å². The molecule has 2 aromatic rings. The van der Waals surface area contributed by atoms with E-state index in [0.29, 0.717) is 18.2 Å². The van der Waals surface area contributed by atoms with Crippen molar-refractivity contribution in [2.24, 2.45) is 5.73 Å². The fourth-order valence-electron chi connectivity index (χ4n) is 1.79. The quantitative estimate of drug-likeness (QED) is 0.853. The molecule has 16 heavy (non-hydrogen) atoms. The van der Waals surface area contributed by atoms with E-state index >= 15 is 0 Å². The highest BCUT2D eigenvalue weighted by Crippen LogP contribution is 2.25. The first-order valence-electron chi connectivity index (χ1n) is 5.31. The topological polar surface area (TPSA) is 46.2 Å². The van der Waals surface area contributed by atoms with Gasteiger partial charge in [0.25, 0.3) is 0 Å². The first-order chi connectivity index (χ1) is 7.79. The highest BCUT2D eigenvalue weighted by molar-refractivity contribution is 7.10. The average Bonchev–Trinajstić information content (AvgIpc) is 2.79. The summed E-state index contributed by atoms with van der Waals surface area (Å²) < 4.78 is 0. The zero-order valence-electron chi connectivity index (χ0n) is 8.97. The Labute approximate surface area is 99.4 Å². The number of aromatic hydroxyl groups is 1. The zero-order chi connectivity index (χ0) is 11.4. The van der Waals surface area contributed by atoms with Crippen LogP contribution in [0.5, 0.6) is 5.75 Å². The van der Waals surface area contributed by atoms with Crippen molar-refractivity contribution in [2.75, 3.05) is 6.54 Å². The molecule has 3 N–H and O–H groups in total. The van der Waals surface area contributed by atoms with Gasteiger partial charge in [-0.1, -0.05) is 18.2 Å². The Bertz CT molecular complexity index is 439. The van der Waals surface area contributed by atoms with Crippen molar-refractivity contribution >= 4 is 11.3 Å². The molecular weight excluding hydrogens is 218 g/mol. The Hall–Kier alpha value is -1.32. The SMILES string of the molecule is NCC(Cc1cccc(O)c1)c1cccs1. The number of nitrogens with two attached hydrogens (primary N) is 1. The van der Waals surface area contributed by atoms with E-state index < -0.39 is 0 Å². The number of hydrogen-bond acceptors (Lipinski definition) is 3. The Morgan fingerprint density at radius 2 is 2.12 bits per heavy atom. The van der Waals surface area contributed by atoms with Crippen LogP contribution in [0.2, 0.25) is 0 Å². The lowest BCUT2D eigenvalue weighted by Crippen LogP contribution is -2.13. The van der Waals surface area contributed by atoms with Crippen molar-refractivity contribution in [1.29, 1.82) is 0 Å². The lowest BCUT2D eigenvalue weighted by molar-refractivity contribution is 0.474. The van der Waals surface area contributed by atoms with E-state index in [9.17, 15) is 5.11 Å². The Morgan fingerprint density at radius 1 is 1.25 bits per heavy atom. The summed E-state index contributed by atoms with van der Waals surface area (Å²) in [6.45, 7) is 0.635. The largest absolute Gasteiger partial charge is 0.508 e. The van der Waals surface area contributed by atoms with E-state index in [1.807, 2.05) is 18.2 Å². The molecule has 0 saturated heterocycles. The summed E-state index contributed by atoms with van der Waals surface area (Å²) in [5.74, 6) is 0.668. The van der Waals surface area contributed by atoms with Crippen LogP contribution in [0.25, 0.3) is 0 Å². The number of benzene rings is 1. The monoisotopic (exact) mass is 233 g/mol. The van der Waals surface area contributed by atoms with E-state index in [4.69, 9.17) is 5.73 Å². The fraction of sp³-hybridized carbons (Fsp3) is 0.231. The molecule has 84 valence electrons. The van der Waals surface area contributed by atoms with Crippen LogP contribution < -0.4 is 5.73 Å². The Balaban J connectivity index is 2.13. The molecule has 0 spiro atoms. The molecule has 2 rings (SSSR count). The van der Waals surface area contributed by atoms with E-state index in [1.54, 1.807) is 23.5 Å². The highest BCUT2D eigenvalue weighted by atomic mass is 32.1. The van der Waals surface area contributed by atoms with Gasteiger partial charge >= 0.3 is 0 Å². The van der Waals surface area contributed by atoms with Crippen molar-refractivity contribution in [3.63, 3.8) is 0 Å². The first-order valence-corrected chi connectivity index (χ1v) is 6.19. The number of rotatable bonds is 4. The molecule has 0 radical (unpaired) electrons. The van der Waals surface area contributed by atoms with Gasteiger partial charge in [-0.3, -0.25) is 0 Å². The molecule has 0 fully saturated rings. The maximum atomic E-state index is 9.40. The minimum absolute atomic E-state index is 0.319. The zero-order valence-corrected chi connectivity index (χ0v) is 9.78. The van der Waals surface area contributed by atoms with Crippen LogP contribution in [0.15, 0.2) is 41.8 Å². The number of phenols is 1. The van der Waals surface area contributed by atoms with Gasteiger partial charge in [0.1, 0.15) is 5.75 Å². The molecular formula is C13H15NOS. The third-order valence-electron chi connectivity index (χ3n) is 2.62. The van der Waals surface area contributed by atoms with Crippen LogP contribution >= 0.6 is 11.3 Å². The number of hydrogen-bond donors (Lipinski definition) is 2. The van der Waals surface area contributed by atoms with Crippen molar-refractivity contribution < 1.29 is 5.11 Å². The standard InChI is InChI=1S/C13H15NOS/c14-9-11(13-5-2-6-16-13)7-10-3-1-4-12(15)8-10/h1-6,8,11,15H,7,9,14H2. The van der Waals surface area contributed by atoms with Gasteiger partial charge in [0.2, 0.25) is 0 Å². The minimum Gasteiger partial charge on any atom is -0.508 e. The van der Waals surface area contributed by atoms with Gasteiger partial charge in [0.05, 0.1) is 0 Å². The summed E-state index contributed by atoms with van der Waals surface area (Å²) >= 11 is 1.74. The molecule has 1 atom stereocenters. The minimum atomic E-state index is 0.319. The molecule has 1 aromatic carbocycles. The van der Waals surface area contributed by atoms with Crippen LogP contribution in [-0.2, 0) is 6.42 Å². The maximum absolute atomic E-state index is 9.40. The third kappa shape index (κ3) is 2.62. The predicted molar refractivity (Wildman–Crippen MR) is 67.9 cm³/mol. The molecule has 0 saturated carbocycles. The van der Waals surface area contributed by atoms with Crippen molar-refractivity contribution in [3.05, 3.63) is 52.2 Å². The van der Waals surface area contributed by atoms with Gasteiger partial charge in [-0.2, -0.15) is 0 Å². The van der Waals surface area contributed by atoms with Crippen LogP contribution in [0, 0.1) is 0 Å². The highest BCUT2D eigenvalue weighted by Gasteiger charge is 2.11. The lowest BCUT2D eigenvalue weighted by Gasteiger charge is -2.13. The summed E-state index contributed by atoms with van der Waals surface area (Å²) in [4.78, 5) is 1.31. The Morgan fingerprint density at radius 3 is 2.75 bits per heavy atom. The van der Waals surface area contributed by atoms with Crippen molar-refractivity contribution in [3.8, 4) is 5.75 Å². The third-order valence-corrected chi connectivity index (χ3v) is 3.66. The smallest absolute Gasteiger partial charge is 0.115 e. The van der Waals surface area contributed by atoms with E-state index in [-0.39, 0.29) is 0 Å². The number of phenolic OH excluding ortho intramolecular Hbond substituents is 1. The second kappa shape index (κ2) is 5.14. The van der Waals surface area contributed by atoms with Crippen LogP contribution in [0.3, 0.4) is 0 Å². The van der Waals surface area contributed by atoms with Gasteiger partial charge in [-0.05, 0) is 35.6 Å². The maximum Gasteiger partial charge on any atom is 0.115 e. The average molecular weight is 233 g/mol. The summed E-state index contributed by atoms with van der Waals surface area (Å²) in [6, 6.07) is 11.5. The second-order valence-electron chi connectivity index (χ2n) is 3.82. The molecule has 0 aliphatic carbocycles. The van der Waals surface area contributed by atoms with Crippen molar-refractivity contribution in [1.82, 2.24) is 0 Å². The molecule has 1 aromatic heterocycles. The van der Waals surface area contributed by atoms with Crippen LogP contribution in [0.1, 0.15) is 16.4 Å².